The Morgan fingerprint density at radius 3 is 2.84 bits per heavy atom. The molecular weight excluding hydrogens is 311 g/mol. The lowest BCUT2D eigenvalue weighted by atomic mass is 10.1. The predicted molar refractivity (Wildman–Crippen MR) is 77.5 cm³/mol. The number of hydrogen-bond donors (Lipinski definition) is 1. The van der Waals surface area contributed by atoms with Gasteiger partial charge in [0.2, 0.25) is 0 Å². The van der Waals surface area contributed by atoms with Crippen LogP contribution in [-0.2, 0) is 6.54 Å². The summed E-state index contributed by atoms with van der Waals surface area (Å²) in [6.07, 6.45) is 0.550. The second kappa shape index (κ2) is 6.31. The average molecular weight is 331 g/mol. The van der Waals surface area contributed by atoms with Gasteiger partial charge in [-0.2, -0.15) is 0 Å². The summed E-state index contributed by atoms with van der Waals surface area (Å²) in [5.41, 5.74) is 1.06. The molecule has 1 heterocycles. The summed E-state index contributed by atoms with van der Waals surface area (Å²) >= 11 is 3.21. The van der Waals surface area contributed by atoms with Crippen molar-refractivity contribution in [2.75, 3.05) is 27.2 Å². The minimum Gasteiger partial charge on any atom is -0.392 e. The van der Waals surface area contributed by atoms with Gasteiger partial charge in [-0.15, -0.1) is 0 Å². The lowest BCUT2D eigenvalue weighted by Crippen LogP contribution is -2.37. The molecule has 1 saturated heterocycles. The van der Waals surface area contributed by atoms with E-state index in [9.17, 15) is 9.50 Å². The minimum absolute atomic E-state index is 0.241. The molecule has 1 aromatic rings. The molecule has 0 bridgehead atoms. The van der Waals surface area contributed by atoms with Gasteiger partial charge in [-0.25, -0.2) is 4.39 Å². The van der Waals surface area contributed by atoms with Crippen LogP contribution in [0.2, 0.25) is 0 Å². The molecular formula is C14H20BrFN2O. The molecule has 2 unspecified atom stereocenters. The van der Waals surface area contributed by atoms with Crippen molar-refractivity contribution < 1.29 is 9.50 Å². The molecule has 106 valence electrons. The number of likely N-dealkylation sites (N-methyl/N-ethyl adjacent to an activating group) is 1. The van der Waals surface area contributed by atoms with Crippen molar-refractivity contribution in [1.29, 1.82) is 0 Å². The van der Waals surface area contributed by atoms with E-state index in [4.69, 9.17) is 0 Å². The Morgan fingerprint density at radius 2 is 2.21 bits per heavy atom. The molecule has 1 aromatic carbocycles. The van der Waals surface area contributed by atoms with E-state index in [-0.39, 0.29) is 11.9 Å². The van der Waals surface area contributed by atoms with E-state index in [0.29, 0.717) is 17.1 Å². The van der Waals surface area contributed by atoms with Crippen LogP contribution in [0.15, 0.2) is 22.7 Å². The number of likely N-dealkylation sites (tertiary alicyclic amines) is 1. The van der Waals surface area contributed by atoms with Gasteiger partial charge in [0, 0.05) is 25.7 Å². The minimum atomic E-state index is -0.256. The van der Waals surface area contributed by atoms with Gasteiger partial charge in [0.05, 0.1) is 10.6 Å². The molecule has 1 N–H and O–H groups in total. The summed E-state index contributed by atoms with van der Waals surface area (Å²) in [4.78, 5) is 4.40. The van der Waals surface area contributed by atoms with E-state index in [1.807, 2.05) is 20.2 Å². The second-order valence-corrected chi connectivity index (χ2v) is 6.34. The number of benzene rings is 1. The Kier molecular flexibility index (Phi) is 4.95. The highest BCUT2D eigenvalue weighted by Crippen LogP contribution is 2.23. The van der Waals surface area contributed by atoms with E-state index >= 15 is 0 Å². The fourth-order valence-electron chi connectivity index (χ4n) is 2.64. The zero-order valence-corrected chi connectivity index (χ0v) is 12.9. The first kappa shape index (κ1) is 14.9. The summed E-state index contributed by atoms with van der Waals surface area (Å²) in [5.74, 6) is -0.241. The van der Waals surface area contributed by atoms with Crippen molar-refractivity contribution in [3.63, 3.8) is 0 Å². The van der Waals surface area contributed by atoms with Crippen LogP contribution in [0.1, 0.15) is 12.0 Å². The maximum Gasteiger partial charge on any atom is 0.137 e. The largest absolute Gasteiger partial charge is 0.392 e. The van der Waals surface area contributed by atoms with Crippen LogP contribution in [0, 0.1) is 5.82 Å². The van der Waals surface area contributed by atoms with Gasteiger partial charge < -0.3 is 10.0 Å². The highest BCUT2D eigenvalue weighted by atomic mass is 79.9. The van der Waals surface area contributed by atoms with E-state index < -0.39 is 0 Å². The number of halogens is 2. The third kappa shape index (κ3) is 3.99. The molecule has 0 saturated carbocycles. The summed E-state index contributed by atoms with van der Waals surface area (Å²) in [6.45, 7) is 2.36. The maximum atomic E-state index is 13.2. The van der Waals surface area contributed by atoms with Crippen molar-refractivity contribution in [2.45, 2.75) is 25.1 Å². The van der Waals surface area contributed by atoms with Crippen LogP contribution >= 0.6 is 15.9 Å². The fraction of sp³-hybridized carbons (Fsp3) is 0.571. The smallest absolute Gasteiger partial charge is 0.137 e. The molecule has 0 spiro atoms. The van der Waals surface area contributed by atoms with E-state index in [1.165, 1.54) is 6.07 Å². The monoisotopic (exact) mass is 330 g/mol. The van der Waals surface area contributed by atoms with Crippen molar-refractivity contribution in [1.82, 2.24) is 9.80 Å². The van der Waals surface area contributed by atoms with E-state index in [2.05, 4.69) is 25.7 Å². The first-order valence-electron chi connectivity index (χ1n) is 6.46. The Balaban J connectivity index is 2.05. The molecule has 5 heteroatoms. The van der Waals surface area contributed by atoms with Gasteiger partial charge in [-0.3, -0.25) is 4.90 Å². The van der Waals surface area contributed by atoms with Crippen molar-refractivity contribution in [3.05, 3.63) is 34.1 Å². The zero-order valence-electron chi connectivity index (χ0n) is 11.3. The topological polar surface area (TPSA) is 26.7 Å². The van der Waals surface area contributed by atoms with Crippen LogP contribution in [0.4, 0.5) is 4.39 Å². The highest BCUT2D eigenvalue weighted by molar-refractivity contribution is 9.10. The van der Waals surface area contributed by atoms with Gasteiger partial charge >= 0.3 is 0 Å². The molecule has 2 rings (SSSR count). The lowest BCUT2D eigenvalue weighted by molar-refractivity contribution is 0.169. The van der Waals surface area contributed by atoms with Crippen molar-refractivity contribution >= 4 is 15.9 Å². The lowest BCUT2D eigenvalue weighted by Gasteiger charge is -2.26. The first-order valence-corrected chi connectivity index (χ1v) is 7.26. The molecule has 19 heavy (non-hydrogen) atoms. The third-order valence-electron chi connectivity index (χ3n) is 3.45. The van der Waals surface area contributed by atoms with Crippen molar-refractivity contribution in [2.24, 2.45) is 0 Å². The summed E-state index contributed by atoms with van der Waals surface area (Å²) in [5, 5.41) is 9.83. The van der Waals surface area contributed by atoms with E-state index in [0.717, 1.165) is 25.1 Å². The fourth-order valence-corrected chi connectivity index (χ4v) is 3.06. The molecule has 0 amide bonds. The number of aliphatic hydroxyl groups is 1. The number of rotatable bonds is 4. The Morgan fingerprint density at radius 1 is 1.47 bits per heavy atom. The van der Waals surface area contributed by atoms with Gasteiger partial charge in [-0.1, -0.05) is 6.07 Å². The van der Waals surface area contributed by atoms with Gasteiger partial charge in [0.25, 0.3) is 0 Å². The highest BCUT2D eigenvalue weighted by Gasteiger charge is 2.30. The summed E-state index contributed by atoms with van der Waals surface area (Å²) < 4.78 is 13.7. The van der Waals surface area contributed by atoms with Gasteiger partial charge in [0.1, 0.15) is 5.82 Å². The first-order chi connectivity index (χ1) is 8.95. The van der Waals surface area contributed by atoms with Crippen LogP contribution in [-0.4, -0.2) is 54.2 Å². The molecule has 1 aliphatic heterocycles. The number of aliphatic hydroxyl groups excluding tert-OH is 1. The van der Waals surface area contributed by atoms with Crippen LogP contribution in [0.3, 0.4) is 0 Å². The zero-order chi connectivity index (χ0) is 14.0. The van der Waals surface area contributed by atoms with Crippen molar-refractivity contribution in [3.8, 4) is 0 Å². The molecule has 3 nitrogen and oxygen atoms in total. The van der Waals surface area contributed by atoms with Crippen LogP contribution in [0.5, 0.6) is 0 Å². The molecule has 1 aliphatic rings. The predicted octanol–water partition coefficient (Wildman–Crippen LogP) is 2.08. The second-order valence-electron chi connectivity index (χ2n) is 5.48. The molecule has 1 fully saturated rings. The molecule has 0 aromatic heterocycles. The normalized spacial score (nSPS) is 24.3. The average Bonchev–Trinajstić information content (AvgIpc) is 2.63. The van der Waals surface area contributed by atoms with Gasteiger partial charge in [0.15, 0.2) is 0 Å². The Bertz CT molecular complexity index is 441. The Labute approximate surface area is 122 Å². The third-order valence-corrected chi connectivity index (χ3v) is 4.06. The number of nitrogens with zero attached hydrogens (tertiary/aromatic N) is 2. The number of β-amino-alcohol motifs (C(OH)–C–C–N with tert-alkyl or cyclic N) is 1. The number of hydrogen-bond acceptors (Lipinski definition) is 3. The van der Waals surface area contributed by atoms with E-state index in [1.54, 1.807) is 6.07 Å². The molecule has 2 atom stereocenters. The maximum absolute atomic E-state index is 13.2. The van der Waals surface area contributed by atoms with Crippen LogP contribution < -0.4 is 0 Å². The summed E-state index contributed by atoms with van der Waals surface area (Å²) in [7, 11) is 4.08. The summed E-state index contributed by atoms with van der Waals surface area (Å²) in [6, 6.07) is 5.45. The quantitative estimate of drug-likeness (QED) is 0.915. The van der Waals surface area contributed by atoms with Crippen LogP contribution in [0.25, 0.3) is 0 Å². The molecule has 0 aliphatic carbocycles. The molecule has 0 radical (unpaired) electrons. The van der Waals surface area contributed by atoms with Gasteiger partial charge in [-0.05, 0) is 54.1 Å². The Hall–Kier alpha value is -0.490. The standard InChI is InChI=1S/C14H20BrFN2O/c1-17(2)8-11-6-12(19)9-18(11)7-10-3-4-14(16)13(15)5-10/h3-5,11-12,19H,6-9H2,1-2H3. The SMILES string of the molecule is CN(C)CC1CC(O)CN1Cc1ccc(F)c(Br)c1.